The van der Waals surface area contributed by atoms with E-state index in [1.54, 1.807) is 0 Å². The smallest absolute Gasteiger partial charge is 0.378 e. The summed E-state index contributed by atoms with van der Waals surface area (Å²) in [6.07, 6.45) is -0.0601. The van der Waals surface area contributed by atoms with E-state index in [0.717, 1.165) is 31.4 Å². The van der Waals surface area contributed by atoms with Crippen LogP contribution in [0.2, 0.25) is 0 Å². The molecular weight excluding hydrogens is 253 g/mol. The van der Waals surface area contributed by atoms with Crippen LogP contribution >= 0.6 is 0 Å². The van der Waals surface area contributed by atoms with Gasteiger partial charge in [0, 0.05) is 5.56 Å². The van der Waals surface area contributed by atoms with E-state index in [-0.39, 0.29) is 0 Å². The lowest BCUT2D eigenvalue weighted by molar-refractivity contribution is -0.137. The first-order valence-electron chi connectivity index (χ1n) is 6.32. The van der Waals surface area contributed by atoms with Gasteiger partial charge in [0.1, 0.15) is 5.60 Å². The highest BCUT2D eigenvalue weighted by Gasteiger charge is 2.30. The van der Waals surface area contributed by atoms with Crippen molar-refractivity contribution in [2.24, 2.45) is 0 Å². The number of hydrogen-bond acceptors (Lipinski definition) is 1. The molecule has 0 spiro atoms. The summed E-state index contributed by atoms with van der Waals surface area (Å²) in [6, 6.07) is 4.69. The molecule has 0 aliphatic heterocycles. The van der Waals surface area contributed by atoms with E-state index >= 15 is 0 Å². The zero-order chi connectivity index (χ0) is 13.9. The molecule has 0 saturated heterocycles. The third-order valence-electron chi connectivity index (χ3n) is 3.33. The molecule has 102 valence electrons. The molecule has 0 amide bonds. The van der Waals surface area contributed by atoms with Crippen molar-refractivity contribution in [1.82, 2.24) is 0 Å². The lowest BCUT2D eigenvalue weighted by Gasteiger charge is -2.26. The average Bonchev–Trinajstić information content (AvgIpc) is 2.37. The Hall–Kier alpha value is -1.47. The van der Waals surface area contributed by atoms with Crippen LogP contribution < -0.4 is 0 Å². The van der Waals surface area contributed by atoms with Crippen molar-refractivity contribution in [2.75, 3.05) is 0 Å². The molecule has 0 unspecified atom stereocenters. The van der Waals surface area contributed by atoms with E-state index in [0.29, 0.717) is 18.4 Å². The highest BCUT2D eigenvalue weighted by Crippen LogP contribution is 2.29. The Bertz CT molecular complexity index is 485. The van der Waals surface area contributed by atoms with Crippen molar-refractivity contribution in [3.05, 3.63) is 35.4 Å². The molecule has 1 aliphatic carbocycles. The van der Waals surface area contributed by atoms with Gasteiger partial charge in [-0.25, -0.2) is 0 Å². The van der Waals surface area contributed by atoms with Crippen molar-refractivity contribution in [3.63, 3.8) is 0 Å². The average molecular weight is 268 g/mol. The lowest BCUT2D eigenvalue weighted by Crippen LogP contribution is -2.29. The maximum absolute atomic E-state index is 12.4. The molecule has 1 nitrogen and oxygen atoms in total. The fourth-order valence-electron chi connectivity index (χ4n) is 2.19. The lowest BCUT2D eigenvalue weighted by atomic mass is 9.85. The summed E-state index contributed by atoms with van der Waals surface area (Å²) in [7, 11) is 0. The van der Waals surface area contributed by atoms with Gasteiger partial charge in [-0.1, -0.05) is 18.3 Å². The first kappa shape index (κ1) is 14.0. The zero-order valence-corrected chi connectivity index (χ0v) is 10.4. The number of aliphatic hydroxyl groups is 1. The molecule has 1 N–H and O–H groups in total. The van der Waals surface area contributed by atoms with E-state index in [9.17, 15) is 18.3 Å². The summed E-state index contributed by atoms with van der Waals surface area (Å²) in [4.78, 5) is 0. The molecule has 4 heteroatoms. The Balaban J connectivity index is 2.12. The summed E-state index contributed by atoms with van der Waals surface area (Å²) in [5.74, 6) is 5.56. The predicted octanol–water partition coefficient (Wildman–Crippen LogP) is 3.75. The molecule has 1 aromatic rings. The monoisotopic (exact) mass is 268 g/mol. The molecular formula is C15H15F3O. The topological polar surface area (TPSA) is 20.2 Å². The van der Waals surface area contributed by atoms with Crippen molar-refractivity contribution < 1.29 is 18.3 Å². The van der Waals surface area contributed by atoms with E-state index in [1.165, 1.54) is 12.1 Å². The number of halogens is 3. The van der Waals surface area contributed by atoms with E-state index in [1.807, 2.05) is 0 Å². The third kappa shape index (κ3) is 3.74. The third-order valence-corrected chi connectivity index (χ3v) is 3.33. The molecule has 0 radical (unpaired) electrons. The number of hydrogen-bond donors (Lipinski definition) is 1. The van der Waals surface area contributed by atoms with Gasteiger partial charge in [-0.3, -0.25) is 0 Å². The van der Waals surface area contributed by atoms with Crippen LogP contribution in [-0.2, 0) is 6.18 Å². The summed E-state index contributed by atoms with van der Waals surface area (Å²) < 4.78 is 37.1. The van der Waals surface area contributed by atoms with Gasteiger partial charge in [0.05, 0.1) is 5.56 Å². The molecule has 19 heavy (non-hydrogen) atoms. The number of rotatable bonds is 0. The van der Waals surface area contributed by atoms with Gasteiger partial charge in [0.25, 0.3) is 0 Å². The highest BCUT2D eigenvalue weighted by atomic mass is 19.4. The zero-order valence-electron chi connectivity index (χ0n) is 10.4. The van der Waals surface area contributed by atoms with E-state index < -0.39 is 17.3 Å². The molecule has 0 aromatic heterocycles. The second-order valence-electron chi connectivity index (χ2n) is 4.92. The summed E-state index contributed by atoms with van der Waals surface area (Å²) in [5, 5.41) is 10.2. The van der Waals surface area contributed by atoms with Crippen LogP contribution in [-0.4, -0.2) is 10.7 Å². The van der Waals surface area contributed by atoms with Crippen LogP contribution in [0.3, 0.4) is 0 Å². The van der Waals surface area contributed by atoms with Gasteiger partial charge in [-0.2, -0.15) is 13.2 Å². The normalized spacial score (nSPS) is 18.5. The summed E-state index contributed by atoms with van der Waals surface area (Å²) >= 11 is 0. The Morgan fingerprint density at radius 2 is 1.58 bits per heavy atom. The fourth-order valence-corrected chi connectivity index (χ4v) is 2.19. The Kier molecular flexibility index (Phi) is 3.86. The van der Waals surface area contributed by atoms with Crippen molar-refractivity contribution in [2.45, 2.75) is 43.9 Å². The van der Waals surface area contributed by atoms with Crippen molar-refractivity contribution in [3.8, 4) is 11.8 Å². The van der Waals surface area contributed by atoms with Crippen LogP contribution in [0.15, 0.2) is 24.3 Å². The first-order valence-corrected chi connectivity index (χ1v) is 6.32. The van der Waals surface area contributed by atoms with Gasteiger partial charge >= 0.3 is 6.18 Å². The molecule has 2 rings (SSSR count). The number of alkyl halides is 3. The van der Waals surface area contributed by atoms with Gasteiger partial charge in [-0.05, 0) is 49.9 Å². The Labute approximate surface area is 110 Å². The summed E-state index contributed by atoms with van der Waals surface area (Å²) in [6.45, 7) is 0. The Morgan fingerprint density at radius 1 is 1.00 bits per heavy atom. The minimum absolute atomic E-state index is 0.493. The first-order chi connectivity index (χ1) is 8.89. The number of benzene rings is 1. The van der Waals surface area contributed by atoms with Crippen molar-refractivity contribution >= 4 is 0 Å². The van der Waals surface area contributed by atoms with Crippen molar-refractivity contribution in [1.29, 1.82) is 0 Å². The van der Waals surface area contributed by atoms with E-state index in [2.05, 4.69) is 11.8 Å². The van der Waals surface area contributed by atoms with Gasteiger partial charge in [0.2, 0.25) is 0 Å². The van der Waals surface area contributed by atoms with Crippen LogP contribution in [0.25, 0.3) is 0 Å². The molecule has 1 fully saturated rings. The molecule has 1 aromatic carbocycles. The van der Waals surface area contributed by atoms with Crippen LogP contribution in [0, 0.1) is 11.8 Å². The fraction of sp³-hybridized carbons (Fsp3) is 0.467. The van der Waals surface area contributed by atoms with Crippen LogP contribution in [0.5, 0.6) is 0 Å². The largest absolute Gasteiger partial charge is 0.416 e. The minimum Gasteiger partial charge on any atom is -0.378 e. The maximum atomic E-state index is 12.4. The van der Waals surface area contributed by atoms with Crippen LogP contribution in [0.1, 0.15) is 43.2 Å². The molecule has 0 bridgehead atoms. The summed E-state index contributed by atoms with van der Waals surface area (Å²) in [5.41, 5.74) is -1.16. The molecule has 0 heterocycles. The highest BCUT2D eigenvalue weighted by molar-refractivity contribution is 5.38. The second-order valence-corrected chi connectivity index (χ2v) is 4.92. The standard InChI is InChI=1S/C15H15F3O/c16-15(17,18)13-6-4-12(5-7-13)8-11-14(19)9-2-1-3-10-14/h4-7,19H,1-3,9-10H2. The molecule has 1 saturated carbocycles. The van der Waals surface area contributed by atoms with Gasteiger partial charge < -0.3 is 5.11 Å². The molecule has 0 atom stereocenters. The second kappa shape index (κ2) is 5.26. The predicted molar refractivity (Wildman–Crippen MR) is 66.4 cm³/mol. The molecule has 1 aliphatic rings. The maximum Gasteiger partial charge on any atom is 0.416 e. The van der Waals surface area contributed by atoms with Gasteiger partial charge in [0.15, 0.2) is 0 Å². The quantitative estimate of drug-likeness (QED) is 0.710. The minimum atomic E-state index is -4.33. The van der Waals surface area contributed by atoms with E-state index in [4.69, 9.17) is 0 Å². The van der Waals surface area contributed by atoms with Gasteiger partial charge in [-0.15, -0.1) is 0 Å². The Morgan fingerprint density at radius 3 is 2.11 bits per heavy atom. The van der Waals surface area contributed by atoms with Crippen LogP contribution in [0.4, 0.5) is 13.2 Å². The SMILES string of the molecule is OC1(C#Cc2ccc(C(F)(F)F)cc2)CCCCC1.